The number of sulfonamides is 1. The second-order valence-corrected chi connectivity index (χ2v) is 9.29. The zero-order chi connectivity index (χ0) is 25.9. The van der Waals surface area contributed by atoms with Crippen LogP contribution in [0.2, 0.25) is 0 Å². The first-order valence-electron chi connectivity index (χ1n) is 10.3. The normalized spacial score (nSPS) is 16.4. The summed E-state index contributed by atoms with van der Waals surface area (Å²) in [6.07, 6.45) is 0.755. The highest BCUT2D eigenvalue weighted by Crippen LogP contribution is 2.38. The second kappa shape index (κ2) is 10.1. The lowest BCUT2D eigenvalue weighted by molar-refractivity contribution is -0.385. The van der Waals surface area contributed by atoms with Gasteiger partial charge in [0, 0.05) is 18.2 Å². The van der Waals surface area contributed by atoms with Gasteiger partial charge in [-0.25, -0.2) is 18.4 Å². The number of ether oxygens (including phenoxy) is 1. The summed E-state index contributed by atoms with van der Waals surface area (Å²) in [5.74, 6) is -3.41. The lowest BCUT2D eigenvalue weighted by Crippen LogP contribution is -2.50. The van der Waals surface area contributed by atoms with Crippen molar-refractivity contribution in [3.8, 4) is 11.5 Å². The van der Waals surface area contributed by atoms with E-state index in [-0.39, 0.29) is 18.7 Å². The third-order valence-electron chi connectivity index (χ3n) is 5.30. The summed E-state index contributed by atoms with van der Waals surface area (Å²) in [5.41, 5.74) is -1.30. The van der Waals surface area contributed by atoms with E-state index in [1.165, 1.54) is 19.1 Å². The van der Waals surface area contributed by atoms with Crippen molar-refractivity contribution >= 4 is 33.5 Å². The fourth-order valence-electron chi connectivity index (χ4n) is 3.65. The van der Waals surface area contributed by atoms with Gasteiger partial charge in [0.05, 0.1) is 4.92 Å². The molecule has 2 aromatic rings. The first-order chi connectivity index (χ1) is 16.4. The Balaban J connectivity index is 1.95. The van der Waals surface area contributed by atoms with Crippen LogP contribution < -0.4 is 15.2 Å². The quantitative estimate of drug-likeness (QED) is 0.348. The molecule has 1 aliphatic rings. The highest BCUT2D eigenvalue weighted by Gasteiger charge is 2.37. The van der Waals surface area contributed by atoms with E-state index in [0.29, 0.717) is 6.42 Å². The minimum atomic E-state index is -4.59. The molecule has 2 aromatic carbocycles. The topological polar surface area (TPSA) is 199 Å². The van der Waals surface area contributed by atoms with E-state index in [0.717, 1.165) is 17.0 Å². The number of nitrogens with one attached hydrogen (secondary N) is 1. The standard InChI is InChI=1S/C21H22N4O9S/c1-12(20(27)24-9-5-8-15(24)21(28)29)23-19(26)13-10-16(25(30)31)18(17(11-13)35(22,32)33)34-14-6-3-2-4-7-14/h2-4,6-7,10-12,15H,5,8-9H2,1H3,(H,23,26)(H,28,29)(H2,22,32,33)/t12-,15-/m0/s1. The number of hydrogen-bond acceptors (Lipinski definition) is 8. The molecule has 186 valence electrons. The van der Waals surface area contributed by atoms with E-state index in [4.69, 9.17) is 9.88 Å². The van der Waals surface area contributed by atoms with Crippen molar-refractivity contribution in [3.05, 3.63) is 58.1 Å². The SMILES string of the molecule is C[C@H](NC(=O)c1cc([N+](=O)[O-])c(Oc2ccccc2)c(S(N)(=O)=O)c1)C(=O)N1CCC[C@H]1C(=O)O. The average Bonchev–Trinajstić information content (AvgIpc) is 3.28. The van der Waals surface area contributed by atoms with Crippen LogP contribution in [0.15, 0.2) is 47.4 Å². The molecule has 1 heterocycles. The fourth-order valence-corrected chi connectivity index (χ4v) is 4.35. The van der Waals surface area contributed by atoms with E-state index in [1.54, 1.807) is 18.2 Å². The van der Waals surface area contributed by atoms with E-state index in [1.807, 2.05) is 0 Å². The zero-order valence-corrected chi connectivity index (χ0v) is 19.2. The highest BCUT2D eigenvalue weighted by molar-refractivity contribution is 7.89. The molecule has 4 N–H and O–H groups in total. The Labute approximate surface area is 199 Å². The Morgan fingerprint density at radius 1 is 1.26 bits per heavy atom. The van der Waals surface area contributed by atoms with E-state index in [9.17, 15) is 38.0 Å². The van der Waals surface area contributed by atoms with Gasteiger partial charge in [0.1, 0.15) is 22.7 Å². The molecule has 14 heteroatoms. The average molecular weight is 506 g/mol. The number of nitro benzene ring substituents is 1. The third kappa shape index (κ3) is 5.73. The Morgan fingerprint density at radius 3 is 2.49 bits per heavy atom. The van der Waals surface area contributed by atoms with Crippen LogP contribution in [0, 0.1) is 10.1 Å². The van der Waals surface area contributed by atoms with Crippen molar-refractivity contribution in [3.63, 3.8) is 0 Å². The molecule has 13 nitrogen and oxygen atoms in total. The van der Waals surface area contributed by atoms with Gasteiger partial charge in [-0.1, -0.05) is 18.2 Å². The van der Waals surface area contributed by atoms with Crippen molar-refractivity contribution in [1.82, 2.24) is 10.2 Å². The molecule has 0 aromatic heterocycles. The van der Waals surface area contributed by atoms with Crippen LogP contribution >= 0.6 is 0 Å². The summed E-state index contributed by atoms with van der Waals surface area (Å²) in [6, 6.07) is 7.05. The van der Waals surface area contributed by atoms with Crippen molar-refractivity contribution in [1.29, 1.82) is 0 Å². The fraction of sp³-hybridized carbons (Fsp3) is 0.286. The third-order valence-corrected chi connectivity index (χ3v) is 6.22. The summed E-state index contributed by atoms with van der Waals surface area (Å²) < 4.78 is 29.9. The number of carboxylic acids is 1. The Morgan fingerprint density at radius 2 is 1.91 bits per heavy atom. The largest absolute Gasteiger partial charge is 0.480 e. The molecule has 0 radical (unpaired) electrons. The van der Waals surface area contributed by atoms with Gasteiger partial charge in [-0.15, -0.1) is 0 Å². The minimum Gasteiger partial charge on any atom is -0.480 e. The van der Waals surface area contributed by atoms with Gasteiger partial charge in [-0.05, 0) is 38.0 Å². The number of carbonyl (C=O) groups excluding carboxylic acids is 2. The molecule has 1 aliphatic heterocycles. The van der Waals surface area contributed by atoms with Crippen LogP contribution in [-0.4, -0.2) is 59.8 Å². The molecule has 0 aliphatic carbocycles. The predicted octanol–water partition coefficient (Wildman–Crippen LogP) is 1.23. The van der Waals surface area contributed by atoms with Gasteiger partial charge >= 0.3 is 11.7 Å². The van der Waals surface area contributed by atoms with Gasteiger partial charge in [0.25, 0.3) is 5.91 Å². The first kappa shape index (κ1) is 25.6. The Hall–Kier alpha value is -4.04. The molecule has 0 spiro atoms. The summed E-state index contributed by atoms with van der Waals surface area (Å²) in [7, 11) is -4.59. The molecule has 1 saturated heterocycles. The summed E-state index contributed by atoms with van der Waals surface area (Å²) >= 11 is 0. The number of hydrogen-bond donors (Lipinski definition) is 3. The number of likely N-dealkylation sites (tertiary alicyclic amines) is 1. The number of carbonyl (C=O) groups is 3. The number of amides is 2. The number of para-hydroxylation sites is 1. The number of carboxylic acid groups (broad SMARTS) is 1. The summed E-state index contributed by atoms with van der Waals surface area (Å²) in [6.45, 7) is 1.52. The molecular weight excluding hydrogens is 484 g/mol. The number of nitro groups is 1. The molecule has 2 amide bonds. The van der Waals surface area contributed by atoms with Gasteiger partial charge in [0.2, 0.25) is 21.7 Å². The van der Waals surface area contributed by atoms with Crippen molar-refractivity contribution in [2.24, 2.45) is 5.14 Å². The number of rotatable bonds is 8. The van der Waals surface area contributed by atoms with Crippen molar-refractivity contribution in [2.75, 3.05) is 6.54 Å². The van der Waals surface area contributed by atoms with Crippen LogP contribution in [0.25, 0.3) is 0 Å². The lowest BCUT2D eigenvalue weighted by atomic mass is 10.1. The smallest absolute Gasteiger partial charge is 0.326 e. The Kier molecular flexibility index (Phi) is 7.36. The molecule has 0 saturated carbocycles. The molecule has 0 bridgehead atoms. The van der Waals surface area contributed by atoms with Crippen LogP contribution in [0.1, 0.15) is 30.1 Å². The number of primary sulfonamides is 1. The zero-order valence-electron chi connectivity index (χ0n) is 18.4. The monoisotopic (exact) mass is 506 g/mol. The highest BCUT2D eigenvalue weighted by atomic mass is 32.2. The number of benzene rings is 2. The maximum absolute atomic E-state index is 12.8. The van der Waals surface area contributed by atoms with Gasteiger partial charge < -0.3 is 20.1 Å². The lowest BCUT2D eigenvalue weighted by Gasteiger charge is -2.25. The van der Waals surface area contributed by atoms with Crippen molar-refractivity contribution in [2.45, 2.75) is 36.7 Å². The Bertz CT molecular complexity index is 1280. The molecule has 1 fully saturated rings. The minimum absolute atomic E-state index is 0.0931. The number of aliphatic carboxylic acids is 1. The summed E-state index contributed by atoms with van der Waals surface area (Å²) in [4.78, 5) is 48.0. The molecule has 0 unspecified atom stereocenters. The van der Waals surface area contributed by atoms with Crippen LogP contribution in [0.4, 0.5) is 5.69 Å². The van der Waals surface area contributed by atoms with Crippen molar-refractivity contribution < 1.29 is 37.6 Å². The molecular formula is C21H22N4O9S. The summed E-state index contributed by atoms with van der Waals surface area (Å²) in [5, 5.41) is 28.6. The number of nitrogens with two attached hydrogens (primary N) is 1. The van der Waals surface area contributed by atoms with Gasteiger partial charge in [0.15, 0.2) is 0 Å². The molecule has 2 atom stereocenters. The first-order valence-corrected chi connectivity index (χ1v) is 11.9. The molecule has 3 rings (SSSR count). The van der Waals surface area contributed by atoms with E-state index < -0.39 is 66.7 Å². The maximum Gasteiger partial charge on any atom is 0.326 e. The van der Waals surface area contributed by atoms with Crippen LogP contribution in [0.5, 0.6) is 11.5 Å². The van der Waals surface area contributed by atoms with Gasteiger partial charge in [-0.3, -0.25) is 19.7 Å². The van der Waals surface area contributed by atoms with Gasteiger partial charge in [-0.2, -0.15) is 0 Å². The van der Waals surface area contributed by atoms with E-state index >= 15 is 0 Å². The predicted molar refractivity (Wildman–Crippen MR) is 120 cm³/mol. The van der Waals surface area contributed by atoms with E-state index in [2.05, 4.69) is 5.32 Å². The molecule has 35 heavy (non-hydrogen) atoms. The maximum atomic E-state index is 12.8. The van der Waals surface area contributed by atoms with Crippen LogP contribution in [0.3, 0.4) is 0 Å². The number of nitrogens with zero attached hydrogens (tertiary/aromatic N) is 2. The van der Waals surface area contributed by atoms with Crippen LogP contribution in [-0.2, 0) is 19.6 Å². The second-order valence-electron chi connectivity index (χ2n) is 7.76.